The van der Waals surface area contributed by atoms with Gasteiger partial charge in [-0.2, -0.15) is 0 Å². The molecule has 0 bridgehead atoms. The van der Waals surface area contributed by atoms with E-state index >= 15 is 0 Å². The maximum absolute atomic E-state index is 4.68. The van der Waals surface area contributed by atoms with Crippen LogP contribution in [-0.2, 0) is 6.42 Å². The van der Waals surface area contributed by atoms with Crippen molar-refractivity contribution < 1.29 is 0 Å². The quantitative estimate of drug-likeness (QED) is 0.857. The number of piperazine rings is 1. The van der Waals surface area contributed by atoms with Gasteiger partial charge in [0, 0.05) is 26.2 Å². The smallest absolute Gasteiger partial charge is 0.146 e. The van der Waals surface area contributed by atoms with Crippen molar-refractivity contribution in [2.24, 2.45) is 0 Å². The highest BCUT2D eigenvalue weighted by molar-refractivity contribution is 7.99. The van der Waals surface area contributed by atoms with E-state index in [-0.39, 0.29) is 24.8 Å². The monoisotopic (exact) mass is 322 g/mol. The van der Waals surface area contributed by atoms with Gasteiger partial charge in [-0.3, -0.25) is 0 Å². The van der Waals surface area contributed by atoms with Crippen LogP contribution in [0.5, 0.6) is 0 Å². The number of nitrogens with one attached hydrogen (secondary N) is 1. The normalized spacial score (nSPS) is 18.1. The maximum atomic E-state index is 4.68. The fourth-order valence-corrected chi connectivity index (χ4v) is 3.54. The number of aromatic nitrogens is 2. The molecule has 4 nitrogen and oxygen atoms in total. The molecule has 7 heteroatoms. The van der Waals surface area contributed by atoms with Crippen LogP contribution in [0.4, 0.5) is 5.82 Å². The summed E-state index contributed by atoms with van der Waals surface area (Å²) in [7, 11) is 0. The van der Waals surface area contributed by atoms with E-state index < -0.39 is 0 Å². The minimum atomic E-state index is 0. The van der Waals surface area contributed by atoms with Gasteiger partial charge in [-0.05, 0) is 25.5 Å². The third-order valence-corrected chi connectivity index (χ3v) is 4.45. The second-order valence-electron chi connectivity index (χ2n) is 4.56. The SMILES string of the molecule is Cc1nc2c(c(N3CCNCC3)n1)SCCC2.Cl.Cl. The predicted octanol–water partition coefficient (Wildman–Crippen LogP) is 2.08. The average molecular weight is 323 g/mol. The van der Waals surface area contributed by atoms with Crippen LogP contribution < -0.4 is 10.2 Å². The number of hydrogen-bond acceptors (Lipinski definition) is 5. The Balaban J connectivity index is 0.000000902. The van der Waals surface area contributed by atoms with Gasteiger partial charge >= 0.3 is 0 Å². The minimum Gasteiger partial charge on any atom is -0.353 e. The lowest BCUT2D eigenvalue weighted by molar-refractivity contribution is 0.579. The Morgan fingerprint density at radius 1 is 1.16 bits per heavy atom. The summed E-state index contributed by atoms with van der Waals surface area (Å²) in [6.45, 7) is 6.24. The van der Waals surface area contributed by atoms with E-state index in [4.69, 9.17) is 0 Å². The summed E-state index contributed by atoms with van der Waals surface area (Å²) in [4.78, 5) is 13.0. The fraction of sp³-hybridized carbons (Fsp3) is 0.667. The standard InChI is InChI=1S/C12H18N4S.2ClH/c1-9-14-10-3-2-8-17-11(10)12(15-9)16-6-4-13-5-7-16;;/h13H,2-8H2,1H3;2*1H. The van der Waals surface area contributed by atoms with Crippen LogP contribution in [0.2, 0.25) is 0 Å². The number of anilines is 1. The summed E-state index contributed by atoms with van der Waals surface area (Å²) in [5.41, 5.74) is 1.27. The largest absolute Gasteiger partial charge is 0.353 e. The van der Waals surface area contributed by atoms with Gasteiger partial charge in [0.1, 0.15) is 11.6 Å². The van der Waals surface area contributed by atoms with Crippen molar-refractivity contribution in [3.05, 3.63) is 11.5 Å². The molecule has 1 N–H and O–H groups in total. The summed E-state index contributed by atoms with van der Waals surface area (Å²) in [6, 6.07) is 0. The molecule has 19 heavy (non-hydrogen) atoms. The first-order chi connectivity index (χ1) is 8.34. The Morgan fingerprint density at radius 2 is 1.89 bits per heavy atom. The van der Waals surface area contributed by atoms with E-state index in [0.717, 1.165) is 38.4 Å². The summed E-state index contributed by atoms with van der Waals surface area (Å²) >= 11 is 1.93. The molecule has 3 heterocycles. The van der Waals surface area contributed by atoms with Crippen LogP contribution in [0.15, 0.2) is 4.90 Å². The molecule has 108 valence electrons. The molecule has 2 aliphatic rings. The van der Waals surface area contributed by atoms with E-state index in [2.05, 4.69) is 20.2 Å². The van der Waals surface area contributed by atoms with Gasteiger partial charge in [0.15, 0.2) is 0 Å². The molecule has 0 aliphatic carbocycles. The molecule has 1 fully saturated rings. The van der Waals surface area contributed by atoms with E-state index in [1.807, 2.05) is 18.7 Å². The Kier molecular flexibility index (Phi) is 6.66. The van der Waals surface area contributed by atoms with Crippen molar-refractivity contribution >= 4 is 42.4 Å². The second kappa shape index (κ2) is 7.53. The lowest BCUT2D eigenvalue weighted by atomic mass is 10.2. The van der Waals surface area contributed by atoms with Crippen LogP contribution in [0.3, 0.4) is 0 Å². The number of halogens is 2. The Labute approximate surface area is 131 Å². The van der Waals surface area contributed by atoms with Gasteiger partial charge in [0.05, 0.1) is 10.6 Å². The molecule has 0 radical (unpaired) electrons. The molecule has 0 spiro atoms. The van der Waals surface area contributed by atoms with Crippen molar-refractivity contribution in [1.82, 2.24) is 15.3 Å². The summed E-state index contributed by atoms with van der Waals surface area (Å²) in [5, 5.41) is 3.39. The number of rotatable bonds is 1. The molecular formula is C12H20Cl2N4S. The summed E-state index contributed by atoms with van der Waals surface area (Å²) in [5.74, 6) is 3.30. The first kappa shape index (κ1) is 16.8. The molecule has 0 atom stereocenters. The zero-order valence-electron chi connectivity index (χ0n) is 11.0. The van der Waals surface area contributed by atoms with Crippen molar-refractivity contribution in [3.63, 3.8) is 0 Å². The number of hydrogen-bond donors (Lipinski definition) is 1. The van der Waals surface area contributed by atoms with Gasteiger partial charge in [-0.1, -0.05) is 0 Å². The second-order valence-corrected chi connectivity index (χ2v) is 5.66. The number of aryl methyl sites for hydroxylation is 2. The zero-order chi connectivity index (χ0) is 11.7. The molecule has 1 saturated heterocycles. The zero-order valence-corrected chi connectivity index (χ0v) is 13.5. The van der Waals surface area contributed by atoms with Crippen LogP contribution >= 0.6 is 36.6 Å². The van der Waals surface area contributed by atoms with Crippen LogP contribution in [0.1, 0.15) is 17.9 Å². The summed E-state index contributed by atoms with van der Waals surface area (Å²) < 4.78 is 0. The fourth-order valence-electron chi connectivity index (χ4n) is 2.43. The number of nitrogens with zero attached hydrogens (tertiary/aromatic N) is 3. The van der Waals surface area contributed by atoms with Gasteiger partial charge in [-0.15, -0.1) is 36.6 Å². The van der Waals surface area contributed by atoms with Crippen molar-refractivity contribution in [2.45, 2.75) is 24.7 Å². The van der Waals surface area contributed by atoms with E-state index in [0.29, 0.717) is 0 Å². The highest BCUT2D eigenvalue weighted by atomic mass is 35.5. The molecular weight excluding hydrogens is 303 g/mol. The maximum Gasteiger partial charge on any atom is 0.146 e. The lowest BCUT2D eigenvalue weighted by Gasteiger charge is -2.31. The van der Waals surface area contributed by atoms with Crippen LogP contribution in [0, 0.1) is 6.92 Å². The third kappa shape index (κ3) is 3.66. The molecule has 0 amide bonds. The molecule has 1 aromatic rings. The van der Waals surface area contributed by atoms with Gasteiger partial charge in [0.25, 0.3) is 0 Å². The predicted molar refractivity (Wildman–Crippen MR) is 85.4 cm³/mol. The van der Waals surface area contributed by atoms with Crippen LogP contribution in [0.25, 0.3) is 0 Å². The first-order valence-electron chi connectivity index (χ1n) is 6.30. The van der Waals surface area contributed by atoms with E-state index in [1.165, 1.54) is 28.6 Å². The molecule has 0 saturated carbocycles. The van der Waals surface area contributed by atoms with Gasteiger partial charge < -0.3 is 10.2 Å². The van der Waals surface area contributed by atoms with Crippen LogP contribution in [-0.4, -0.2) is 41.9 Å². The highest BCUT2D eigenvalue weighted by Gasteiger charge is 2.22. The Bertz CT molecular complexity index is 424. The number of thioether (sulfide) groups is 1. The third-order valence-electron chi connectivity index (χ3n) is 3.25. The summed E-state index contributed by atoms with van der Waals surface area (Å²) in [6.07, 6.45) is 2.36. The van der Waals surface area contributed by atoms with Crippen molar-refractivity contribution in [3.8, 4) is 0 Å². The van der Waals surface area contributed by atoms with Crippen molar-refractivity contribution in [2.75, 3.05) is 36.8 Å². The molecule has 0 aromatic carbocycles. The first-order valence-corrected chi connectivity index (χ1v) is 7.29. The highest BCUT2D eigenvalue weighted by Crippen LogP contribution is 2.35. The molecule has 0 unspecified atom stereocenters. The molecule has 2 aliphatic heterocycles. The Morgan fingerprint density at radius 3 is 2.63 bits per heavy atom. The number of fused-ring (bicyclic) bond motifs is 1. The molecule has 1 aromatic heterocycles. The van der Waals surface area contributed by atoms with Gasteiger partial charge in [-0.25, -0.2) is 9.97 Å². The Hall–Kier alpha value is -0.230. The lowest BCUT2D eigenvalue weighted by Crippen LogP contribution is -2.44. The minimum absolute atomic E-state index is 0. The van der Waals surface area contributed by atoms with E-state index in [1.54, 1.807) is 0 Å². The average Bonchev–Trinajstić information content (AvgIpc) is 2.39. The van der Waals surface area contributed by atoms with E-state index in [9.17, 15) is 0 Å². The van der Waals surface area contributed by atoms with Crippen molar-refractivity contribution in [1.29, 1.82) is 0 Å². The molecule has 3 rings (SSSR count). The van der Waals surface area contributed by atoms with Gasteiger partial charge in [0.2, 0.25) is 0 Å². The topological polar surface area (TPSA) is 41.1 Å².